The van der Waals surface area contributed by atoms with Crippen molar-refractivity contribution in [3.05, 3.63) is 29.3 Å². The van der Waals surface area contributed by atoms with Gasteiger partial charge in [-0.3, -0.25) is 4.79 Å². The van der Waals surface area contributed by atoms with Gasteiger partial charge < -0.3 is 10.7 Å². The van der Waals surface area contributed by atoms with Crippen LogP contribution in [0.4, 0.5) is 5.82 Å². The van der Waals surface area contributed by atoms with Crippen LogP contribution < -0.4 is 16.6 Å². The second-order valence-electron chi connectivity index (χ2n) is 4.90. The molecule has 0 fully saturated rings. The fourth-order valence-corrected chi connectivity index (χ4v) is 1.83. The topological polar surface area (TPSA) is 111 Å². The highest BCUT2D eigenvalue weighted by Crippen LogP contribution is 2.21. The van der Waals surface area contributed by atoms with Gasteiger partial charge in [-0.25, -0.2) is 20.5 Å². The Balaban J connectivity index is 2.54. The number of carbonyl (C=O) groups excluding carboxylic acids is 1. The van der Waals surface area contributed by atoms with Gasteiger partial charge in [-0.05, 0) is 13.0 Å². The number of nitrogen functional groups attached to an aromatic ring is 1. The molecular formula is C13H19N7O. The highest BCUT2D eigenvalue weighted by atomic mass is 16.1. The van der Waals surface area contributed by atoms with Crippen LogP contribution in [0.25, 0.3) is 5.82 Å². The molecule has 0 unspecified atom stereocenters. The Morgan fingerprint density at radius 1 is 1.38 bits per heavy atom. The first kappa shape index (κ1) is 14.9. The van der Waals surface area contributed by atoms with Crippen LogP contribution in [0.3, 0.4) is 0 Å². The summed E-state index contributed by atoms with van der Waals surface area (Å²) in [7, 11) is 1.56. The van der Waals surface area contributed by atoms with Crippen LogP contribution in [0.15, 0.2) is 12.3 Å². The molecule has 2 heterocycles. The van der Waals surface area contributed by atoms with Gasteiger partial charge in [0.25, 0.3) is 5.91 Å². The maximum absolute atomic E-state index is 11.6. The quantitative estimate of drug-likeness (QED) is 0.565. The van der Waals surface area contributed by atoms with Gasteiger partial charge in [0, 0.05) is 24.7 Å². The summed E-state index contributed by atoms with van der Waals surface area (Å²) in [4.78, 5) is 20.5. The fourth-order valence-electron chi connectivity index (χ4n) is 1.83. The van der Waals surface area contributed by atoms with Crippen LogP contribution in [0.2, 0.25) is 0 Å². The number of hydrazine groups is 1. The average molecular weight is 289 g/mol. The van der Waals surface area contributed by atoms with Crippen LogP contribution >= 0.6 is 0 Å². The molecule has 21 heavy (non-hydrogen) atoms. The summed E-state index contributed by atoms with van der Waals surface area (Å²) >= 11 is 0. The number of amides is 1. The van der Waals surface area contributed by atoms with E-state index in [9.17, 15) is 4.79 Å². The standard InChI is InChI=1S/C13H19N7O/c1-7(2)10-16-11(18-14)8(3)12(17-10)20-6-5-9(19-20)13(21)15-4/h5-7H,14H2,1-4H3,(H,15,21)(H,16,17,18). The lowest BCUT2D eigenvalue weighted by molar-refractivity contribution is 0.0957. The van der Waals surface area contributed by atoms with E-state index in [4.69, 9.17) is 5.84 Å². The van der Waals surface area contributed by atoms with Crippen molar-refractivity contribution in [1.29, 1.82) is 0 Å². The summed E-state index contributed by atoms with van der Waals surface area (Å²) in [6.45, 7) is 5.83. The molecule has 1 amide bonds. The van der Waals surface area contributed by atoms with Crippen molar-refractivity contribution in [3.63, 3.8) is 0 Å². The molecule has 8 heteroatoms. The predicted octanol–water partition coefficient (Wildman–Crippen LogP) is 0.739. The summed E-state index contributed by atoms with van der Waals surface area (Å²) in [5.74, 6) is 7.19. The molecule has 0 radical (unpaired) electrons. The molecule has 0 bridgehead atoms. The molecular weight excluding hydrogens is 270 g/mol. The Labute approximate surface area is 122 Å². The molecule has 0 spiro atoms. The smallest absolute Gasteiger partial charge is 0.271 e. The number of hydrogen-bond acceptors (Lipinski definition) is 6. The zero-order valence-electron chi connectivity index (χ0n) is 12.5. The van der Waals surface area contributed by atoms with Crippen molar-refractivity contribution >= 4 is 11.7 Å². The molecule has 4 N–H and O–H groups in total. The van der Waals surface area contributed by atoms with Crippen molar-refractivity contribution < 1.29 is 4.79 Å². The van der Waals surface area contributed by atoms with Gasteiger partial charge in [0.05, 0.1) is 0 Å². The third-order valence-electron chi connectivity index (χ3n) is 3.06. The zero-order valence-corrected chi connectivity index (χ0v) is 12.5. The largest absolute Gasteiger partial charge is 0.354 e. The Kier molecular flexibility index (Phi) is 4.18. The Morgan fingerprint density at radius 3 is 2.67 bits per heavy atom. The molecule has 112 valence electrons. The van der Waals surface area contributed by atoms with Gasteiger partial charge in [0.15, 0.2) is 11.5 Å². The van der Waals surface area contributed by atoms with Crippen LogP contribution in [-0.2, 0) is 0 Å². The summed E-state index contributed by atoms with van der Waals surface area (Å²) in [6, 6.07) is 1.63. The van der Waals surface area contributed by atoms with Gasteiger partial charge in [0.2, 0.25) is 0 Å². The van der Waals surface area contributed by atoms with Crippen molar-refractivity contribution in [2.24, 2.45) is 5.84 Å². The van der Waals surface area contributed by atoms with Crippen molar-refractivity contribution in [2.75, 3.05) is 12.5 Å². The maximum Gasteiger partial charge on any atom is 0.271 e. The monoisotopic (exact) mass is 289 g/mol. The Morgan fingerprint density at radius 2 is 2.10 bits per heavy atom. The first-order valence-corrected chi connectivity index (χ1v) is 6.61. The molecule has 2 rings (SSSR count). The number of nitrogens with zero attached hydrogens (tertiary/aromatic N) is 4. The van der Waals surface area contributed by atoms with Crippen LogP contribution in [-0.4, -0.2) is 32.7 Å². The third-order valence-corrected chi connectivity index (χ3v) is 3.06. The summed E-state index contributed by atoms with van der Waals surface area (Å²) in [6.07, 6.45) is 1.68. The van der Waals surface area contributed by atoms with E-state index in [0.717, 1.165) is 5.56 Å². The van der Waals surface area contributed by atoms with Crippen LogP contribution in [0.5, 0.6) is 0 Å². The summed E-state index contributed by atoms with van der Waals surface area (Å²) in [5, 5.41) is 6.77. The van der Waals surface area contributed by atoms with Crippen molar-refractivity contribution in [1.82, 2.24) is 25.1 Å². The van der Waals surface area contributed by atoms with E-state index >= 15 is 0 Å². The molecule has 0 saturated carbocycles. The fraction of sp³-hybridized carbons (Fsp3) is 0.385. The number of anilines is 1. The Hall–Kier alpha value is -2.48. The molecule has 0 aliphatic carbocycles. The normalized spacial score (nSPS) is 10.8. The molecule has 0 aliphatic heterocycles. The minimum atomic E-state index is -0.248. The average Bonchev–Trinajstić information content (AvgIpc) is 2.96. The minimum absolute atomic E-state index is 0.144. The van der Waals surface area contributed by atoms with E-state index in [2.05, 4.69) is 25.8 Å². The number of aromatic nitrogens is 4. The molecule has 0 saturated heterocycles. The van der Waals surface area contributed by atoms with E-state index < -0.39 is 0 Å². The van der Waals surface area contributed by atoms with Crippen LogP contribution in [0, 0.1) is 6.92 Å². The number of carbonyl (C=O) groups is 1. The minimum Gasteiger partial charge on any atom is -0.354 e. The SMILES string of the molecule is CNC(=O)c1ccn(-c2nc(C(C)C)nc(NN)c2C)n1. The lowest BCUT2D eigenvalue weighted by Gasteiger charge is -2.13. The summed E-state index contributed by atoms with van der Waals surface area (Å²) < 4.78 is 1.55. The summed E-state index contributed by atoms with van der Waals surface area (Å²) in [5.41, 5.74) is 3.65. The van der Waals surface area contributed by atoms with Gasteiger partial charge >= 0.3 is 0 Å². The van der Waals surface area contributed by atoms with E-state index in [-0.39, 0.29) is 11.8 Å². The van der Waals surface area contributed by atoms with E-state index in [1.807, 2.05) is 20.8 Å². The van der Waals surface area contributed by atoms with Gasteiger partial charge in [-0.1, -0.05) is 13.8 Å². The number of hydrogen-bond donors (Lipinski definition) is 3. The second-order valence-corrected chi connectivity index (χ2v) is 4.90. The zero-order chi connectivity index (χ0) is 15.6. The number of rotatable bonds is 4. The number of nitrogens with two attached hydrogens (primary N) is 1. The van der Waals surface area contributed by atoms with E-state index in [0.29, 0.717) is 23.2 Å². The molecule has 0 aromatic carbocycles. The molecule has 2 aromatic rings. The van der Waals surface area contributed by atoms with Crippen molar-refractivity contribution in [3.8, 4) is 5.82 Å². The third kappa shape index (κ3) is 2.84. The lowest BCUT2D eigenvalue weighted by Crippen LogP contribution is -2.19. The predicted molar refractivity (Wildman–Crippen MR) is 79.2 cm³/mol. The molecule has 0 aliphatic rings. The second kappa shape index (κ2) is 5.88. The highest BCUT2D eigenvalue weighted by Gasteiger charge is 2.16. The Bertz CT molecular complexity index is 663. The number of nitrogens with one attached hydrogen (secondary N) is 2. The van der Waals surface area contributed by atoms with Gasteiger partial charge in [0.1, 0.15) is 11.6 Å². The van der Waals surface area contributed by atoms with E-state index in [1.165, 1.54) is 0 Å². The van der Waals surface area contributed by atoms with Gasteiger partial charge in [-0.15, -0.1) is 0 Å². The first-order chi connectivity index (χ1) is 9.97. The molecule has 0 atom stereocenters. The van der Waals surface area contributed by atoms with Crippen LogP contribution in [0.1, 0.15) is 41.6 Å². The lowest BCUT2D eigenvalue weighted by atomic mass is 10.2. The van der Waals surface area contributed by atoms with E-state index in [1.54, 1.807) is 24.0 Å². The molecule has 2 aromatic heterocycles. The maximum atomic E-state index is 11.6. The molecule has 8 nitrogen and oxygen atoms in total. The highest BCUT2D eigenvalue weighted by molar-refractivity contribution is 5.91. The van der Waals surface area contributed by atoms with Crippen molar-refractivity contribution in [2.45, 2.75) is 26.7 Å². The van der Waals surface area contributed by atoms with Gasteiger partial charge in [-0.2, -0.15) is 5.10 Å². The first-order valence-electron chi connectivity index (χ1n) is 6.61.